The summed E-state index contributed by atoms with van der Waals surface area (Å²) < 4.78 is 21.6. The number of pyridine rings is 1. The Hall–Kier alpha value is -4.20. The van der Waals surface area contributed by atoms with E-state index in [1.807, 2.05) is 56.3 Å². The monoisotopic (exact) mass is 428 g/mol. The highest BCUT2D eigenvalue weighted by atomic mass is 19.1. The van der Waals surface area contributed by atoms with Gasteiger partial charge in [-0.3, -0.25) is 4.40 Å². The third kappa shape index (κ3) is 3.35. The van der Waals surface area contributed by atoms with Crippen LogP contribution >= 0.6 is 0 Å². The number of anilines is 3. The van der Waals surface area contributed by atoms with Crippen LogP contribution in [0.1, 0.15) is 11.1 Å². The zero-order valence-electron chi connectivity index (χ0n) is 17.8. The van der Waals surface area contributed by atoms with E-state index in [0.717, 1.165) is 27.9 Å². The van der Waals surface area contributed by atoms with Crippen molar-refractivity contribution < 1.29 is 8.81 Å². The van der Waals surface area contributed by atoms with Crippen molar-refractivity contribution >= 4 is 23.2 Å². The van der Waals surface area contributed by atoms with E-state index in [0.29, 0.717) is 29.1 Å². The average molecular weight is 428 g/mol. The molecule has 5 rings (SSSR count). The van der Waals surface area contributed by atoms with Crippen molar-refractivity contribution in [2.45, 2.75) is 13.8 Å². The summed E-state index contributed by atoms with van der Waals surface area (Å²) in [5.74, 6) is 0.666. The molecule has 5 aromatic rings. The maximum Gasteiger partial charge on any atom is 0.315 e. The summed E-state index contributed by atoms with van der Waals surface area (Å²) in [5.41, 5.74) is 5.89. The molecule has 2 aromatic carbocycles. The van der Waals surface area contributed by atoms with Crippen LogP contribution in [0.25, 0.3) is 28.4 Å². The summed E-state index contributed by atoms with van der Waals surface area (Å²) in [7, 11) is 1.71. The summed E-state index contributed by atoms with van der Waals surface area (Å²) in [6.07, 6.45) is 1.43. The lowest BCUT2D eigenvalue weighted by Crippen LogP contribution is -2.01. The van der Waals surface area contributed by atoms with E-state index in [4.69, 9.17) is 9.40 Å². The van der Waals surface area contributed by atoms with Crippen LogP contribution in [0.5, 0.6) is 0 Å². The van der Waals surface area contributed by atoms with Gasteiger partial charge in [0, 0.05) is 30.1 Å². The van der Waals surface area contributed by atoms with Gasteiger partial charge in [0.25, 0.3) is 0 Å². The van der Waals surface area contributed by atoms with Gasteiger partial charge in [-0.15, -0.1) is 5.10 Å². The zero-order chi connectivity index (χ0) is 22.2. The fourth-order valence-electron chi connectivity index (χ4n) is 3.77. The molecule has 0 fully saturated rings. The molecule has 0 aliphatic carbocycles. The van der Waals surface area contributed by atoms with Crippen molar-refractivity contribution in [1.82, 2.24) is 19.6 Å². The van der Waals surface area contributed by atoms with Crippen LogP contribution in [-0.2, 0) is 0 Å². The van der Waals surface area contributed by atoms with Crippen LogP contribution < -0.4 is 10.6 Å². The number of hydrogen-bond donors (Lipinski definition) is 2. The molecule has 3 heterocycles. The molecule has 2 N–H and O–H groups in total. The highest BCUT2D eigenvalue weighted by molar-refractivity contribution is 5.88. The molecular formula is C24H21FN6O. The zero-order valence-corrected chi connectivity index (χ0v) is 17.8. The fourth-order valence-corrected chi connectivity index (χ4v) is 3.77. The second-order valence-corrected chi connectivity index (χ2v) is 7.48. The van der Waals surface area contributed by atoms with Gasteiger partial charge >= 0.3 is 6.01 Å². The van der Waals surface area contributed by atoms with Gasteiger partial charge in [0.15, 0.2) is 0 Å². The number of halogens is 1. The Morgan fingerprint density at radius 2 is 1.66 bits per heavy atom. The first-order valence-electron chi connectivity index (χ1n) is 10.2. The minimum atomic E-state index is -0.352. The number of hydrogen-bond acceptors (Lipinski definition) is 6. The third-order valence-electron chi connectivity index (χ3n) is 5.36. The van der Waals surface area contributed by atoms with Crippen molar-refractivity contribution in [2.75, 3.05) is 17.7 Å². The summed E-state index contributed by atoms with van der Waals surface area (Å²) in [4.78, 5) is 4.82. The minimum Gasteiger partial charge on any atom is -0.403 e. The lowest BCUT2D eigenvalue weighted by molar-refractivity contribution is 0.585. The third-order valence-corrected chi connectivity index (χ3v) is 5.36. The van der Waals surface area contributed by atoms with Crippen LogP contribution in [-0.4, -0.2) is 26.6 Å². The number of fused-ring (bicyclic) bond motifs is 1. The Balaban J connectivity index is 1.75. The Morgan fingerprint density at radius 3 is 2.38 bits per heavy atom. The lowest BCUT2D eigenvalue weighted by atomic mass is 10.0. The Labute approximate surface area is 184 Å². The molecule has 0 saturated carbocycles. The van der Waals surface area contributed by atoms with Crippen molar-refractivity contribution in [3.05, 3.63) is 77.7 Å². The van der Waals surface area contributed by atoms with Gasteiger partial charge < -0.3 is 15.1 Å². The SMILES string of the molecule is CNc1nnc(-c2ccccc2-c2nc3ccc(F)cn3c2Nc2c(C)cccc2C)o1. The second kappa shape index (κ2) is 7.81. The normalized spacial score (nSPS) is 11.1. The smallest absolute Gasteiger partial charge is 0.315 e. The van der Waals surface area contributed by atoms with E-state index in [9.17, 15) is 4.39 Å². The van der Waals surface area contributed by atoms with Crippen LogP contribution in [0, 0.1) is 19.7 Å². The van der Waals surface area contributed by atoms with Crippen molar-refractivity contribution in [3.63, 3.8) is 0 Å². The first-order valence-corrected chi connectivity index (χ1v) is 10.2. The topological polar surface area (TPSA) is 80.3 Å². The minimum absolute atomic E-state index is 0.320. The standard InChI is InChI=1S/C24H21FN6O/c1-14-7-6-8-15(2)20(14)28-22-21(27-19-12-11-16(25)13-31(19)22)17-9-4-5-10-18(17)23-29-30-24(26-3)32-23/h4-13,28H,1-3H3,(H,26,30). The largest absolute Gasteiger partial charge is 0.403 e. The molecular weight excluding hydrogens is 407 g/mol. The molecule has 0 bridgehead atoms. The molecule has 8 heteroatoms. The summed E-state index contributed by atoms with van der Waals surface area (Å²) in [5, 5.41) is 14.5. The predicted octanol–water partition coefficient (Wildman–Crippen LogP) is 5.59. The quantitative estimate of drug-likeness (QED) is 0.380. The number of aryl methyl sites for hydroxylation is 2. The van der Waals surface area contributed by atoms with Gasteiger partial charge in [-0.25, -0.2) is 9.37 Å². The molecule has 0 amide bonds. The summed E-state index contributed by atoms with van der Waals surface area (Å²) in [6, 6.07) is 17.1. The van der Waals surface area contributed by atoms with Crippen LogP contribution in [0.4, 0.5) is 21.9 Å². The Morgan fingerprint density at radius 1 is 0.906 bits per heavy atom. The summed E-state index contributed by atoms with van der Waals surface area (Å²) >= 11 is 0. The molecule has 0 spiro atoms. The number of rotatable bonds is 5. The van der Waals surface area contributed by atoms with Crippen molar-refractivity contribution in [1.29, 1.82) is 0 Å². The molecule has 160 valence electrons. The van der Waals surface area contributed by atoms with Gasteiger partial charge in [0.05, 0.1) is 0 Å². The van der Waals surface area contributed by atoms with E-state index >= 15 is 0 Å². The molecule has 0 unspecified atom stereocenters. The molecule has 0 atom stereocenters. The van der Waals surface area contributed by atoms with Crippen LogP contribution in [0.15, 0.2) is 65.2 Å². The van der Waals surface area contributed by atoms with Gasteiger partial charge in [-0.1, -0.05) is 41.5 Å². The van der Waals surface area contributed by atoms with Crippen molar-refractivity contribution in [2.24, 2.45) is 0 Å². The number of imidazole rings is 1. The molecule has 0 saturated heterocycles. The van der Waals surface area contributed by atoms with E-state index < -0.39 is 0 Å². The van der Waals surface area contributed by atoms with Gasteiger partial charge in [-0.2, -0.15) is 0 Å². The Kier molecular flexibility index (Phi) is 4.82. The van der Waals surface area contributed by atoms with E-state index in [2.05, 4.69) is 20.8 Å². The fraction of sp³-hybridized carbons (Fsp3) is 0.125. The van der Waals surface area contributed by atoms with E-state index in [1.54, 1.807) is 17.5 Å². The maximum atomic E-state index is 14.2. The average Bonchev–Trinajstić information content (AvgIpc) is 3.41. The summed E-state index contributed by atoms with van der Waals surface area (Å²) in [6.45, 7) is 4.06. The molecule has 0 aliphatic rings. The first-order chi connectivity index (χ1) is 15.5. The highest BCUT2D eigenvalue weighted by Gasteiger charge is 2.21. The number of nitrogens with zero attached hydrogens (tertiary/aromatic N) is 4. The molecule has 32 heavy (non-hydrogen) atoms. The van der Waals surface area contributed by atoms with Gasteiger partial charge in [0.2, 0.25) is 5.89 Å². The molecule has 0 aliphatic heterocycles. The highest BCUT2D eigenvalue weighted by Crippen LogP contribution is 2.38. The Bertz CT molecular complexity index is 1420. The first kappa shape index (κ1) is 19.7. The predicted molar refractivity (Wildman–Crippen MR) is 123 cm³/mol. The lowest BCUT2D eigenvalue weighted by Gasteiger charge is -2.14. The van der Waals surface area contributed by atoms with Crippen LogP contribution in [0.2, 0.25) is 0 Å². The second-order valence-electron chi connectivity index (χ2n) is 7.48. The molecule has 3 aromatic heterocycles. The number of benzene rings is 2. The van der Waals surface area contributed by atoms with Gasteiger partial charge in [0.1, 0.15) is 23.0 Å². The molecule has 0 radical (unpaired) electrons. The van der Waals surface area contributed by atoms with Crippen LogP contribution in [0.3, 0.4) is 0 Å². The van der Waals surface area contributed by atoms with E-state index in [-0.39, 0.29) is 5.82 Å². The molecule has 7 nitrogen and oxygen atoms in total. The van der Waals surface area contributed by atoms with Crippen molar-refractivity contribution in [3.8, 4) is 22.7 Å². The number of aromatic nitrogens is 4. The number of nitrogens with one attached hydrogen (secondary N) is 2. The van der Waals surface area contributed by atoms with E-state index in [1.165, 1.54) is 12.3 Å². The maximum absolute atomic E-state index is 14.2. The van der Waals surface area contributed by atoms with Gasteiger partial charge in [-0.05, 0) is 43.2 Å². The number of para-hydroxylation sites is 1.